The van der Waals surface area contributed by atoms with E-state index in [9.17, 15) is 29.7 Å². The number of nitrogens with zero attached hydrogens (tertiary/aromatic N) is 2. The number of hydrogen-bond acceptors (Lipinski definition) is 17. The third-order valence-corrected chi connectivity index (χ3v) is 12.9. The molecule has 17 heteroatoms. The minimum Gasteiger partial charge on any atom is -0.462 e. The first-order valence-electron chi connectivity index (χ1n) is 22.7. The van der Waals surface area contributed by atoms with Crippen LogP contribution in [0.2, 0.25) is 0 Å². The van der Waals surface area contributed by atoms with Crippen molar-refractivity contribution in [3.05, 3.63) is 24.3 Å². The Morgan fingerprint density at radius 1 is 0.905 bits per heavy atom. The SMILES string of the molecule is CCC(=O)OC1CC(=O)OC(C)CC=CC=CC(OC2CCC(N(C)C)C(C)O2)C(C)CC(CC=O)C(OC2OC(C)C(OC3CC(C)(O)C(O)C(C)O3)C(N(C)C)C2O)C1OC. The van der Waals surface area contributed by atoms with Gasteiger partial charge in [0, 0.05) is 38.8 Å². The quantitative estimate of drug-likeness (QED) is 0.180. The van der Waals surface area contributed by atoms with Crippen molar-refractivity contribution in [2.75, 3.05) is 35.3 Å². The van der Waals surface area contributed by atoms with Gasteiger partial charge in [0.1, 0.15) is 42.9 Å². The zero-order chi connectivity index (χ0) is 46.8. The minimum absolute atomic E-state index is 0.0117. The zero-order valence-electron chi connectivity index (χ0n) is 39.6. The van der Waals surface area contributed by atoms with Gasteiger partial charge in [0.15, 0.2) is 18.9 Å². The number of methoxy groups -OCH3 is 1. The average Bonchev–Trinajstić information content (AvgIpc) is 3.19. The van der Waals surface area contributed by atoms with Gasteiger partial charge in [-0.1, -0.05) is 38.2 Å². The predicted molar refractivity (Wildman–Crippen MR) is 231 cm³/mol. The summed E-state index contributed by atoms with van der Waals surface area (Å²) in [5.41, 5.74) is -1.49. The normalized spacial score (nSPS) is 42.5. The molecule has 0 amide bonds. The molecule has 17 nitrogen and oxygen atoms in total. The van der Waals surface area contributed by atoms with Crippen LogP contribution in [0.1, 0.15) is 99.8 Å². The highest BCUT2D eigenvalue weighted by molar-refractivity contribution is 5.72. The maximum atomic E-state index is 13.5. The number of rotatable bonds is 13. The van der Waals surface area contributed by atoms with Crippen LogP contribution in [-0.4, -0.2) is 182 Å². The molecule has 362 valence electrons. The number of likely N-dealkylation sites (N-methyl/N-ethyl adjacent to an activating group) is 2. The van der Waals surface area contributed by atoms with E-state index in [4.69, 9.17) is 42.6 Å². The van der Waals surface area contributed by atoms with E-state index in [1.165, 1.54) is 14.0 Å². The summed E-state index contributed by atoms with van der Waals surface area (Å²) in [7, 11) is 9.04. The Labute approximate surface area is 374 Å². The highest BCUT2D eigenvalue weighted by Crippen LogP contribution is 2.38. The summed E-state index contributed by atoms with van der Waals surface area (Å²) in [5, 5.41) is 33.7. The van der Waals surface area contributed by atoms with Crippen molar-refractivity contribution in [1.82, 2.24) is 9.80 Å². The number of ether oxygens (including phenoxy) is 9. The summed E-state index contributed by atoms with van der Waals surface area (Å²) in [4.78, 5) is 43.2. The topological polar surface area (TPSA) is 201 Å². The Morgan fingerprint density at radius 3 is 2.21 bits per heavy atom. The first-order valence-corrected chi connectivity index (χ1v) is 22.7. The van der Waals surface area contributed by atoms with E-state index >= 15 is 0 Å². The number of carbonyl (C=O) groups excluding carboxylic acids is 3. The van der Waals surface area contributed by atoms with Crippen LogP contribution in [0.4, 0.5) is 0 Å². The second-order valence-electron chi connectivity index (χ2n) is 18.6. The summed E-state index contributed by atoms with van der Waals surface area (Å²) < 4.78 is 56.7. The lowest BCUT2D eigenvalue weighted by Gasteiger charge is -2.50. The molecule has 63 heavy (non-hydrogen) atoms. The second-order valence-corrected chi connectivity index (χ2v) is 18.6. The van der Waals surface area contributed by atoms with E-state index in [0.29, 0.717) is 19.3 Å². The number of esters is 2. The fourth-order valence-electron chi connectivity index (χ4n) is 9.44. The lowest BCUT2D eigenvalue weighted by Crippen LogP contribution is -2.65. The molecule has 4 heterocycles. The first kappa shape index (κ1) is 53.2. The van der Waals surface area contributed by atoms with E-state index in [1.807, 2.05) is 52.2 Å². The van der Waals surface area contributed by atoms with Crippen molar-refractivity contribution in [2.45, 2.75) is 204 Å². The molecule has 0 aliphatic carbocycles. The molecule has 0 saturated carbocycles. The van der Waals surface area contributed by atoms with Gasteiger partial charge in [0.05, 0.1) is 48.6 Å². The first-order chi connectivity index (χ1) is 29.7. The van der Waals surface area contributed by atoms with Crippen LogP contribution in [0.3, 0.4) is 0 Å². The maximum absolute atomic E-state index is 13.5. The summed E-state index contributed by atoms with van der Waals surface area (Å²) in [6, 6.07) is -0.510. The predicted octanol–water partition coefficient (Wildman–Crippen LogP) is 3.29. The number of allylic oxidation sites excluding steroid dienone is 2. The van der Waals surface area contributed by atoms with Crippen LogP contribution in [0.25, 0.3) is 0 Å². The molecule has 4 rings (SSSR count). The highest BCUT2D eigenvalue weighted by Gasteiger charge is 2.52. The molecule has 3 N–H and O–H groups in total. The molecular formula is C46H78N2O15. The summed E-state index contributed by atoms with van der Waals surface area (Å²) in [5.74, 6) is -2.12. The van der Waals surface area contributed by atoms with Gasteiger partial charge in [-0.2, -0.15) is 0 Å². The molecule has 3 fully saturated rings. The highest BCUT2D eigenvalue weighted by atomic mass is 16.7. The molecule has 4 aliphatic heterocycles. The molecule has 19 atom stereocenters. The van der Waals surface area contributed by atoms with Crippen LogP contribution in [0.5, 0.6) is 0 Å². The van der Waals surface area contributed by atoms with Crippen LogP contribution < -0.4 is 0 Å². The lowest BCUT2D eigenvalue weighted by atomic mass is 9.82. The van der Waals surface area contributed by atoms with Gasteiger partial charge >= 0.3 is 11.9 Å². The molecule has 0 radical (unpaired) electrons. The van der Waals surface area contributed by atoms with Crippen LogP contribution in [0, 0.1) is 11.8 Å². The Hall–Kier alpha value is -2.39. The molecule has 0 aromatic carbocycles. The number of aliphatic hydroxyl groups is 3. The summed E-state index contributed by atoms with van der Waals surface area (Å²) >= 11 is 0. The molecule has 19 unspecified atom stereocenters. The van der Waals surface area contributed by atoms with Crippen LogP contribution in [-0.2, 0) is 57.0 Å². The third-order valence-electron chi connectivity index (χ3n) is 12.9. The van der Waals surface area contributed by atoms with E-state index < -0.39 is 109 Å². The second kappa shape index (κ2) is 24.4. The molecule has 0 aromatic heterocycles. The summed E-state index contributed by atoms with van der Waals surface area (Å²) in [6.45, 7) is 12.4. The molecule has 0 spiro atoms. The molecule has 4 aliphatic rings. The standard InChI is InChI=1S/C46H78N2O15/c1-13-35(50)60-34-24-36(51)56-27(3)17-15-14-16-18-33(61-37-20-19-32(47(8)9)28(4)57-37)26(2)23-31(21-22-49)42(43(34)55-12)63-45-40(52)39(48(10)11)41(29(5)59-45)62-38-25-46(7,54)44(53)30(6)58-38/h14-16,18,22,26-34,37-45,52-54H,13,17,19-21,23-25H2,1-12H3. The van der Waals surface area contributed by atoms with Gasteiger partial charge in [-0.25, -0.2) is 0 Å². The van der Waals surface area contributed by atoms with Crippen molar-refractivity contribution in [3.63, 3.8) is 0 Å². The zero-order valence-corrected chi connectivity index (χ0v) is 39.6. The lowest BCUT2D eigenvalue weighted by molar-refractivity contribution is -0.344. The fourth-order valence-corrected chi connectivity index (χ4v) is 9.44. The number of carbonyl (C=O) groups is 3. The maximum Gasteiger partial charge on any atom is 0.309 e. The van der Waals surface area contributed by atoms with E-state index in [-0.39, 0.29) is 43.7 Å². The van der Waals surface area contributed by atoms with Gasteiger partial charge in [0.2, 0.25) is 0 Å². The molecule has 3 saturated heterocycles. The Kier molecular flexibility index (Phi) is 20.6. The van der Waals surface area contributed by atoms with Crippen molar-refractivity contribution in [3.8, 4) is 0 Å². The Morgan fingerprint density at radius 2 is 1.60 bits per heavy atom. The number of aldehydes is 1. The Bertz CT molecular complexity index is 1490. The monoisotopic (exact) mass is 899 g/mol. The van der Waals surface area contributed by atoms with E-state index in [0.717, 1.165) is 12.7 Å². The van der Waals surface area contributed by atoms with Gasteiger partial charge in [0.25, 0.3) is 0 Å². The number of hydrogen-bond donors (Lipinski definition) is 3. The van der Waals surface area contributed by atoms with E-state index in [2.05, 4.69) is 4.90 Å². The van der Waals surface area contributed by atoms with Crippen molar-refractivity contribution < 1.29 is 72.3 Å². The largest absolute Gasteiger partial charge is 0.462 e. The van der Waals surface area contributed by atoms with Gasteiger partial charge in [-0.15, -0.1) is 0 Å². The van der Waals surface area contributed by atoms with Crippen LogP contribution >= 0.6 is 0 Å². The fraction of sp³-hybridized carbons (Fsp3) is 0.848. The van der Waals surface area contributed by atoms with Crippen molar-refractivity contribution in [1.29, 1.82) is 0 Å². The average molecular weight is 899 g/mol. The molecule has 0 bridgehead atoms. The minimum atomic E-state index is -1.49. The molecular weight excluding hydrogens is 821 g/mol. The third kappa shape index (κ3) is 14.5. The molecule has 0 aromatic rings. The smallest absolute Gasteiger partial charge is 0.309 e. The number of aliphatic hydroxyl groups excluding tert-OH is 2. The van der Waals surface area contributed by atoms with Crippen LogP contribution in [0.15, 0.2) is 24.3 Å². The number of cyclic esters (lactones) is 1. The van der Waals surface area contributed by atoms with E-state index in [1.54, 1.807) is 46.7 Å². The van der Waals surface area contributed by atoms with Gasteiger partial charge < -0.3 is 72.5 Å². The Balaban J connectivity index is 1.74. The van der Waals surface area contributed by atoms with Crippen molar-refractivity contribution >= 4 is 18.2 Å². The van der Waals surface area contributed by atoms with Gasteiger partial charge in [-0.05, 0) is 93.9 Å². The summed E-state index contributed by atoms with van der Waals surface area (Å²) in [6.07, 6.45) is -1.76. The van der Waals surface area contributed by atoms with Crippen molar-refractivity contribution in [2.24, 2.45) is 11.8 Å². The van der Waals surface area contributed by atoms with Gasteiger partial charge in [-0.3, -0.25) is 9.59 Å².